The van der Waals surface area contributed by atoms with E-state index in [4.69, 9.17) is 0 Å². The van der Waals surface area contributed by atoms with Gasteiger partial charge in [0.2, 0.25) is 0 Å². The average molecular weight is 686 g/mol. The first-order valence-electron chi connectivity index (χ1n) is 9.93. The summed E-state index contributed by atoms with van der Waals surface area (Å²) in [6, 6.07) is 0. The first kappa shape index (κ1) is 43.3. The van der Waals surface area contributed by atoms with E-state index >= 15 is 0 Å². The Morgan fingerprint density at radius 3 is 0.780 bits per heavy atom. The molecule has 0 amide bonds. The van der Waals surface area contributed by atoms with Crippen LogP contribution in [-0.4, -0.2) is 59.9 Å². The third-order valence-electron chi connectivity index (χ3n) is 3.84. The van der Waals surface area contributed by atoms with E-state index < -0.39 is 70.7 Å². The van der Waals surface area contributed by atoms with Gasteiger partial charge in [0, 0.05) is 11.6 Å². The molecule has 0 aliphatic rings. The molecule has 41 heavy (non-hydrogen) atoms. The minimum atomic E-state index is -6.13. The topological polar surface area (TPSA) is 86.7 Å². The van der Waals surface area contributed by atoms with Crippen molar-refractivity contribution in [2.45, 2.75) is 78.3 Å². The molecule has 6 nitrogen and oxygen atoms in total. The van der Waals surface area contributed by atoms with Crippen molar-refractivity contribution in [3.63, 3.8) is 0 Å². The predicted octanol–water partition coefficient (Wildman–Crippen LogP) is 6.28. The van der Waals surface area contributed by atoms with Crippen LogP contribution in [0, 0.1) is 23.7 Å². The average Bonchev–Trinajstić information content (AvgIpc) is 2.62. The zero-order valence-electron chi connectivity index (χ0n) is 21.2. The Morgan fingerprint density at radius 2 is 0.634 bits per heavy atom. The van der Waals surface area contributed by atoms with Crippen LogP contribution >= 0.6 is 0 Å². The largest absolute Gasteiger partial charge is 2.00 e. The van der Waals surface area contributed by atoms with E-state index in [9.17, 15) is 80.6 Å². The predicted molar refractivity (Wildman–Crippen MR) is 102 cm³/mol. The zero-order valence-corrected chi connectivity index (χ0v) is 22.1. The Bertz CT molecular complexity index is 868. The monoisotopic (exact) mass is 685 g/mol. The molecular formula is C20H20CuF14O6. The van der Waals surface area contributed by atoms with Crippen LogP contribution in [0.2, 0.25) is 0 Å². The maximum absolute atomic E-state index is 13.0. The summed E-state index contributed by atoms with van der Waals surface area (Å²) in [5.41, 5.74) is -2.68. The van der Waals surface area contributed by atoms with Gasteiger partial charge in [-0.3, -0.25) is 12.8 Å². The Labute approximate surface area is 232 Å². The van der Waals surface area contributed by atoms with Gasteiger partial charge in [0.25, 0.3) is 0 Å². The van der Waals surface area contributed by atoms with Crippen LogP contribution in [0.1, 0.15) is 41.5 Å². The van der Waals surface area contributed by atoms with Crippen LogP contribution in [-0.2, 0) is 45.7 Å². The minimum Gasteiger partial charge on any atom is -0.333 e. The van der Waals surface area contributed by atoms with Crippen LogP contribution in [0.4, 0.5) is 61.5 Å². The first-order chi connectivity index (χ1) is 17.0. The number of Topliss-reactive ketones (excluding diaryl/α,β-unsaturated/α-hetero) is 4. The molecule has 0 aliphatic heterocycles. The SMILES string of the molecule is CC(C)(C)C(=O)[CH-]C(=O)C(F)(F)C(F)(F)OC(F)(F)F.CC(C)(C)C(=O)[CH-]C(=O)C(F)(F)C(F)(F)OC(F)(F)F.[Cu+2]. The number of hydrogen-bond donors (Lipinski definition) is 0. The summed E-state index contributed by atoms with van der Waals surface area (Å²) in [4.78, 5) is 44.2. The van der Waals surface area contributed by atoms with Crippen LogP contribution in [0.5, 0.6) is 0 Å². The summed E-state index contributed by atoms with van der Waals surface area (Å²) in [7, 11) is 0. The summed E-state index contributed by atoms with van der Waals surface area (Å²) in [5, 5.41) is 0. The van der Waals surface area contributed by atoms with Crippen molar-refractivity contribution in [2.75, 3.05) is 0 Å². The molecule has 21 heteroatoms. The molecule has 0 atom stereocenters. The van der Waals surface area contributed by atoms with Gasteiger partial charge in [-0.15, -0.1) is 26.3 Å². The van der Waals surface area contributed by atoms with E-state index in [1.165, 1.54) is 41.5 Å². The molecule has 0 aromatic rings. The zero-order chi connectivity index (χ0) is 33.1. The normalized spacial score (nSPS) is 13.8. The number of ether oxygens (including phenoxy) is 2. The quantitative estimate of drug-likeness (QED) is 0.117. The van der Waals surface area contributed by atoms with Crippen LogP contribution in [0.3, 0.4) is 0 Å². The molecule has 0 fully saturated rings. The molecule has 0 aliphatic carbocycles. The van der Waals surface area contributed by atoms with Gasteiger partial charge in [-0.2, -0.15) is 35.1 Å². The van der Waals surface area contributed by atoms with E-state index in [0.29, 0.717) is 0 Å². The minimum absolute atomic E-state index is 0. The van der Waals surface area contributed by atoms with E-state index in [0.717, 1.165) is 0 Å². The van der Waals surface area contributed by atoms with Gasteiger partial charge in [0.1, 0.15) is 0 Å². The van der Waals surface area contributed by atoms with Crippen molar-refractivity contribution >= 4 is 23.1 Å². The van der Waals surface area contributed by atoms with Crippen LogP contribution < -0.4 is 0 Å². The molecular weight excluding hydrogens is 666 g/mol. The molecule has 0 unspecified atom stereocenters. The molecule has 0 heterocycles. The van der Waals surface area contributed by atoms with Gasteiger partial charge < -0.3 is 19.2 Å². The summed E-state index contributed by atoms with van der Waals surface area (Å²) >= 11 is 0. The fraction of sp³-hybridized carbons (Fsp3) is 0.700. The van der Waals surface area contributed by atoms with Gasteiger partial charge in [-0.25, -0.2) is 9.47 Å². The molecule has 0 N–H and O–H groups in total. The second-order valence-corrected chi connectivity index (χ2v) is 9.52. The van der Waals surface area contributed by atoms with Crippen molar-refractivity contribution in [1.29, 1.82) is 0 Å². The van der Waals surface area contributed by atoms with E-state index in [2.05, 4.69) is 0 Å². The first-order valence-corrected chi connectivity index (χ1v) is 9.93. The smallest absolute Gasteiger partial charge is 0.333 e. The number of rotatable bonds is 10. The van der Waals surface area contributed by atoms with Gasteiger partial charge in [0.15, 0.2) is 0 Å². The molecule has 0 saturated heterocycles. The van der Waals surface area contributed by atoms with Gasteiger partial charge >= 0.3 is 53.9 Å². The molecule has 245 valence electrons. The van der Waals surface area contributed by atoms with Gasteiger partial charge in [-0.1, -0.05) is 41.5 Å². The van der Waals surface area contributed by atoms with E-state index in [1.807, 2.05) is 9.47 Å². The number of hydrogen-bond acceptors (Lipinski definition) is 6. The van der Waals surface area contributed by atoms with Gasteiger partial charge in [0.05, 0.1) is 11.6 Å². The second-order valence-electron chi connectivity index (χ2n) is 9.52. The van der Waals surface area contributed by atoms with Crippen molar-refractivity contribution in [2.24, 2.45) is 10.8 Å². The third kappa shape index (κ3) is 13.6. The number of carbonyl (C=O) groups is 4. The summed E-state index contributed by atoms with van der Waals surface area (Å²) in [5.74, 6) is -19.7. The van der Waals surface area contributed by atoms with E-state index in [1.54, 1.807) is 0 Å². The number of halogens is 14. The number of ketones is 4. The maximum atomic E-state index is 13.0. The summed E-state index contributed by atoms with van der Waals surface area (Å²) in [6.45, 7) is 7.18. The summed E-state index contributed by atoms with van der Waals surface area (Å²) < 4.78 is 176. The van der Waals surface area contributed by atoms with Crippen molar-refractivity contribution in [3.05, 3.63) is 12.8 Å². The van der Waals surface area contributed by atoms with Crippen molar-refractivity contribution in [1.82, 2.24) is 0 Å². The third-order valence-corrected chi connectivity index (χ3v) is 3.84. The molecule has 0 spiro atoms. The van der Waals surface area contributed by atoms with Crippen molar-refractivity contribution in [3.8, 4) is 0 Å². The molecule has 0 saturated carbocycles. The molecule has 0 aromatic heterocycles. The molecule has 0 aromatic carbocycles. The summed E-state index contributed by atoms with van der Waals surface area (Å²) in [6.07, 6.45) is -25.2. The fourth-order valence-corrected chi connectivity index (χ4v) is 1.56. The van der Waals surface area contributed by atoms with Crippen LogP contribution in [0.15, 0.2) is 0 Å². The second kappa shape index (κ2) is 13.5. The standard InChI is InChI=1S/2C10H10F7O3.Cu/c2*1-7(2,3)5(18)4-6(19)8(11,12)9(13,14)20-10(15,16)17;/h2*4H,1-3H3;/q2*-1;+2. The Balaban J connectivity index is -0.000000688. The fourth-order valence-electron chi connectivity index (χ4n) is 1.56. The Morgan fingerprint density at radius 1 is 0.439 bits per heavy atom. The molecule has 0 rings (SSSR count). The molecule has 0 bridgehead atoms. The van der Waals surface area contributed by atoms with Crippen molar-refractivity contribution < 1.29 is 107 Å². The number of alkyl halides is 14. The molecule has 1 radical (unpaired) electrons. The Kier molecular flexibility index (Phi) is 14.2. The maximum Gasteiger partial charge on any atom is 2.00 e. The Hall–Kier alpha value is -2.12. The number of carbonyl (C=O) groups excluding carboxylic acids is 4. The van der Waals surface area contributed by atoms with E-state index in [-0.39, 0.29) is 29.9 Å². The van der Waals surface area contributed by atoms with Crippen LogP contribution in [0.25, 0.3) is 0 Å². The van der Waals surface area contributed by atoms with Gasteiger partial charge in [-0.05, 0) is 10.8 Å².